The van der Waals surface area contributed by atoms with Crippen LogP contribution < -0.4 is 4.74 Å². The van der Waals surface area contributed by atoms with Crippen LogP contribution in [0.4, 0.5) is 4.79 Å². The summed E-state index contributed by atoms with van der Waals surface area (Å²) in [5.74, 6) is 0.307. The Morgan fingerprint density at radius 2 is 1.55 bits per heavy atom. The van der Waals surface area contributed by atoms with Crippen molar-refractivity contribution in [1.82, 2.24) is 4.90 Å². The summed E-state index contributed by atoms with van der Waals surface area (Å²) in [6, 6.07) is 18.7. The third kappa shape index (κ3) is 5.74. The lowest BCUT2D eigenvalue weighted by Crippen LogP contribution is -2.27. The molecule has 9 heteroatoms. The number of halogens is 4. The van der Waals surface area contributed by atoms with Crippen LogP contribution in [0.25, 0.3) is 6.08 Å². The first-order chi connectivity index (χ1) is 15.8. The molecule has 0 aliphatic carbocycles. The van der Waals surface area contributed by atoms with Crippen molar-refractivity contribution in [2.24, 2.45) is 0 Å². The van der Waals surface area contributed by atoms with Crippen LogP contribution in [0.1, 0.15) is 16.7 Å². The number of carbonyl (C=O) groups excluding carboxylic acids is 2. The van der Waals surface area contributed by atoms with Gasteiger partial charge in [-0.15, -0.1) is 0 Å². The van der Waals surface area contributed by atoms with E-state index < -0.39 is 0 Å². The molecule has 1 aliphatic rings. The summed E-state index contributed by atoms with van der Waals surface area (Å²) >= 11 is 17.7. The van der Waals surface area contributed by atoms with Gasteiger partial charge in [-0.05, 0) is 85.1 Å². The minimum Gasteiger partial charge on any atom is -0.486 e. The average molecular weight is 673 g/mol. The number of imide groups is 1. The van der Waals surface area contributed by atoms with Gasteiger partial charge < -0.3 is 4.74 Å². The van der Waals surface area contributed by atoms with Crippen LogP contribution >= 0.6 is 71.2 Å². The Hall–Kier alpha value is -1.58. The second-order valence-electron chi connectivity index (χ2n) is 7.05. The molecule has 1 heterocycles. The number of carbonyl (C=O) groups is 2. The topological polar surface area (TPSA) is 46.6 Å². The van der Waals surface area contributed by atoms with E-state index in [1.807, 2.05) is 60.7 Å². The van der Waals surface area contributed by atoms with Crippen LogP contribution in [0.5, 0.6) is 5.75 Å². The van der Waals surface area contributed by atoms with Crippen molar-refractivity contribution in [3.63, 3.8) is 0 Å². The Balaban J connectivity index is 1.52. The van der Waals surface area contributed by atoms with E-state index in [1.165, 1.54) is 4.90 Å². The lowest BCUT2D eigenvalue weighted by Gasteiger charge is -2.13. The zero-order valence-electron chi connectivity index (χ0n) is 16.9. The van der Waals surface area contributed by atoms with E-state index in [-0.39, 0.29) is 17.7 Å². The number of nitrogens with zero attached hydrogens (tertiary/aromatic N) is 1. The summed E-state index contributed by atoms with van der Waals surface area (Å²) in [6.45, 7) is 0.524. The van der Waals surface area contributed by atoms with Gasteiger partial charge in [0, 0.05) is 15.1 Å². The molecule has 3 aromatic rings. The van der Waals surface area contributed by atoms with Gasteiger partial charge in [0.25, 0.3) is 11.1 Å². The third-order valence-corrected chi connectivity index (χ3v) is 8.04. The molecule has 2 amide bonds. The Morgan fingerprint density at radius 1 is 0.909 bits per heavy atom. The van der Waals surface area contributed by atoms with Crippen molar-refractivity contribution >= 4 is 88.4 Å². The van der Waals surface area contributed by atoms with Crippen molar-refractivity contribution < 1.29 is 14.3 Å². The molecule has 0 saturated carbocycles. The molecule has 4 nitrogen and oxygen atoms in total. The first-order valence-corrected chi connectivity index (χ1v) is 13.2. The van der Waals surface area contributed by atoms with Crippen LogP contribution in [0, 0.1) is 0 Å². The van der Waals surface area contributed by atoms with Crippen LogP contribution in [0.2, 0.25) is 5.02 Å². The smallest absolute Gasteiger partial charge is 0.293 e. The van der Waals surface area contributed by atoms with Gasteiger partial charge in [0.2, 0.25) is 0 Å². The van der Waals surface area contributed by atoms with E-state index in [0.717, 1.165) is 32.9 Å². The quantitative estimate of drug-likeness (QED) is 0.247. The normalized spacial score (nSPS) is 14.9. The van der Waals surface area contributed by atoms with E-state index >= 15 is 0 Å². The summed E-state index contributed by atoms with van der Waals surface area (Å²) in [4.78, 5) is 27.0. The largest absolute Gasteiger partial charge is 0.486 e. The van der Waals surface area contributed by atoms with Crippen LogP contribution in [-0.4, -0.2) is 16.0 Å². The van der Waals surface area contributed by atoms with Gasteiger partial charge in [0.1, 0.15) is 12.4 Å². The highest BCUT2D eigenvalue weighted by atomic mass is 79.9. The predicted octanol–water partition coefficient (Wildman–Crippen LogP) is 8.44. The fraction of sp³-hybridized carbons (Fsp3) is 0.0833. The van der Waals surface area contributed by atoms with Crippen LogP contribution in [-0.2, 0) is 17.9 Å². The maximum Gasteiger partial charge on any atom is 0.293 e. The first-order valence-electron chi connectivity index (χ1n) is 9.67. The molecular formula is C24H15Br3ClNO3S. The number of thioether (sulfide) groups is 1. The molecule has 0 radical (unpaired) electrons. The fourth-order valence-electron chi connectivity index (χ4n) is 3.15. The highest BCUT2D eigenvalue weighted by molar-refractivity contribution is 9.11. The van der Waals surface area contributed by atoms with E-state index in [4.69, 9.17) is 16.3 Å². The lowest BCUT2D eigenvalue weighted by molar-refractivity contribution is -0.123. The van der Waals surface area contributed by atoms with Crippen molar-refractivity contribution in [1.29, 1.82) is 0 Å². The molecule has 0 atom stereocenters. The van der Waals surface area contributed by atoms with E-state index in [9.17, 15) is 9.59 Å². The zero-order valence-corrected chi connectivity index (χ0v) is 23.2. The monoisotopic (exact) mass is 669 g/mol. The van der Waals surface area contributed by atoms with Gasteiger partial charge in [-0.3, -0.25) is 14.5 Å². The summed E-state index contributed by atoms with van der Waals surface area (Å²) in [6.07, 6.45) is 1.71. The minimum atomic E-state index is -0.313. The maximum absolute atomic E-state index is 12.9. The highest BCUT2D eigenvalue weighted by Gasteiger charge is 2.35. The standard InChI is InChI=1S/C24H15Br3ClNO3S/c25-17-7-3-1-5-15(17)12-29-23(30)21(33-24(29)31)11-14-9-18(26)22(19(27)10-14)32-13-16-6-2-4-8-20(16)28/h1-11H,12-13H2/b21-11-. The third-order valence-electron chi connectivity index (χ3n) is 4.81. The zero-order chi connectivity index (χ0) is 23.5. The molecule has 4 rings (SSSR count). The fourth-order valence-corrected chi connectivity index (χ4v) is 6.04. The van der Waals surface area contributed by atoms with Gasteiger partial charge in [-0.25, -0.2) is 0 Å². The Bertz CT molecular complexity index is 1260. The van der Waals surface area contributed by atoms with Gasteiger partial charge in [0.05, 0.1) is 20.4 Å². The summed E-state index contributed by atoms with van der Waals surface area (Å²) < 4.78 is 8.23. The summed E-state index contributed by atoms with van der Waals surface area (Å²) in [5.41, 5.74) is 2.50. The van der Waals surface area contributed by atoms with E-state index in [1.54, 1.807) is 6.08 Å². The number of ether oxygens (including phenoxy) is 1. The van der Waals surface area contributed by atoms with Crippen molar-refractivity contribution in [2.75, 3.05) is 0 Å². The molecule has 0 aromatic heterocycles. The van der Waals surface area contributed by atoms with Crippen LogP contribution in [0.15, 0.2) is 79.0 Å². The molecular weight excluding hydrogens is 658 g/mol. The Labute approximate surface area is 225 Å². The maximum atomic E-state index is 12.9. The molecule has 0 N–H and O–H groups in total. The molecule has 0 unspecified atom stereocenters. The number of hydrogen-bond donors (Lipinski definition) is 0. The van der Waals surface area contributed by atoms with Gasteiger partial charge >= 0.3 is 0 Å². The van der Waals surface area contributed by atoms with Crippen molar-refractivity contribution in [3.8, 4) is 5.75 Å². The van der Waals surface area contributed by atoms with E-state index in [2.05, 4.69) is 47.8 Å². The predicted molar refractivity (Wildman–Crippen MR) is 143 cm³/mol. The number of hydrogen-bond acceptors (Lipinski definition) is 4. The second-order valence-corrected chi connectivity index (χ2v) is 11.0. The molecule has 0 spiro atoms. The summed E-state index contributed by atoms with van der Waals surface area (Å²) in [7, 11) is 0. The van der Waals surface area contributed by atoms with Gasteiger partial charge in [0.15, 0.2) is 0 Å². The molecule has 0 bridgehead atoms. The molecule has 1 aliphatic heterocycles. The average Bonchev–Trinajstić information content (AvgIpc) is 3.03. The molecule has 1 saturated heterocycles. The van der Waals surface area contributed by atoms with Crippen LogP contribution in [0.3, 0.4) is 0 Å². The molecule has 1 fully saturated rings. The van der Waals surface area contributed by atoms with Crippen molar-refractivity contribution in [2.45, 2.75) is 13.2 Å². The number of rotatable bonds is 6. The molecule has 33 heavy (non-hydrogen) atoms. The highest BCUT2D eigenvalue weighted by Crippen LogP contribution is 2.39. The first kappa shape index (κ1) is 24.5. The van der Waals surface area contributed by atoms with Gasteiger partial charge in [-0.2, -0.15) is 0 Å². The van der Waals surface area contributed by atoms with E-state index in [0.29, 0.717) is 31.2 Å². The minimum absolute atomic E-state index is 0.214. The summed E-state index contributed by atoms with van der Waals surface area (Å²) in [5, 5.41) is 0.347. The number of benzene rings is 3. The van der Waals surface area contributed by atoms with Crippen molar-refractivity contribution in [3.05, 3.63) is 101 Å². The SMILES string of the molecule is O=C1S/C(=C\c2cc(Br)c(OCc3ccccc3Cl)c(Br)c2)C(=O)N1Cc1ccccc1Br. The Morgan fingerprint density at radius 3 is 2.21 bits per heavy atom. The second kappa shape index (κ2) is 10.8. The Kier molecular flexibility index (Phi) is 8.02. The lowest BCUT2D eigenvalue weighted by atomic mass is 10.2. The molecule has 3 aromatic carbocycles. The molecule has 168 valence electrons. The van der Waals surface area contributed by atoms with Gasteiger partial charge in [-0.1, -0.05) is 63.9 Å². The number of amides is 2.